The van der Waals surface area contributed by atoms with Crippen LogP contribution >= 0.6 is 11.8 Å². The molecule has 1 unspecified atom stereocenters. The van der Waals surface area contributed by atoms with Crippen LogP contribution < -0.4 is 0 Å². The number of para-hydroxylation sites is 2. The maximum Gasteiger partial charge on any atom is 0.410 e. The van der Waals surface area contributed by atoms with Gasteiger partial charge in [-0.2, -0.15) is 0 Å². The number of fused-ring (bicyclic) bond motifs is 1. The van der Waals surface area contributed by atoms with Crippen molar-refractivity contribution in [1.82, 2.24) is 9.88 Å². The minimum absolute atomic E-state index is 0.216. The smallest absolute Gasteiger partial charge is 0.410 e. The molecule has 23 heavy (non-hydrogen) atoms. The molecule has 0 radical (unpaired) electrons. The second kappa shape index (κ2) is 6.43. The molecule has 1 aliphatic heterocycles. The van der Waals surface area contributed by atoms with Crippen molar-refractivity contribution in [3.63, 3.8) is 0 Å². The molecular formula is C17H22N2O3S. The van der Waals surface area contributed by atoms with Crippen molar-refractivity contribution in [2.24, 2.45) is 5.92 Å². The lowest BCUT2D eigenvalue weighted by Crippen LogP contribution is -2.35. The van der Waals surface area contributed by atoms with E-state index in [1.807, 2.05) is 45.0 Å². The van der Waals surface area contributed by atoms with Gasteiger partial charge in [-0.05, 0) is 45.2 Å². The normalized spacial score (nSPS) is 18.6. The zero-order chi connectivity index (χ0) is 16.4. The highest BCUT2D eigenvalue weighted by atomic mass is 32.2. The van der Waals surface area contributed by atoms with Crippen LogP contribution in [-0.4, -0.2) is 40.4 Å². The molecule has 6 heteroatoms. The highest BCUT2D eigenvalue weighted by molar-refractivity contribution is 7.99. The minimum atomic E-state index is -0.442. The first-order valence-electron chi connectivity index (χ1n) is 7.87. The van der Waals surface area contributed by atoms with Gasteiger partial charge in [0, 0.05) is 18.8 Å². The van der Waals surface area contributed by atoms with E-state index >= 15 is 0 Å². The summed E-state index contributed by atoms with van der Waals surface area (Å²) in [5.74, 6) is 1.34. The Morgan fingerprint density at radius 3 is 2.96 bits per heavy atom. The fraction of sp³-hybridized carbons (Fsp3) is 0.529. The Bertz CT molecular complexity index is 659. The van der Waals surface area contributed by atoms with Crippen LogP contribution in [0.5, 0.6) is 0 Å². The molecule has 5 nitrogen and oxygen atoms in total. The zero-order valence-corrected chi connectivity index (χ0v) is 14.6. The van der Waals surface area contributed by atoms with Gasteiger partial charge in [0.1, 0.15) is 11.1 Å². The molecule has 0 N–H and O–H groups in total. The zero-order valence-electron chi connectivity index (χ0n) is 13.7. The molecule has 2 heterocycles. The Hall–Kier alpha value is -1.69. The van der Waals surface area contributed by atoms with Crippen LogP contribution in [0.2, 0.25) is 0 Å². The molecule has 1 aromatic carbocycles. The number of benzene rings is 1. The fourth-order valence-electron chi connectivity index (χ4n) is 2.56. The van der Waals surface area contributed by atoms with Gasteiger partial charge < -0.3 is 14.1 Å². The molecule has 1 atom stereocenters. The molecule has 0 spiro atoms. The van der Waals surface area contributed by atoms with Crippen molar-refractivity contribution in [3.8, 4) is 0 Å². The summed E-state index contributed by atoms with van der Waals surface area (Å²) in [5.41, 5.74) is 1.26. The summed E-state index contributed by atoms with van der Waals surface area (Å²) in [7, 11) is 0. The number of carbonyl (C=O) groups excluding carboxylic acids is 1. The van der Waals surface area contributed by atoms with Crippen LogP contribution in [0.3, 0.4) is 0 Å². The molecule has 0 bridgehead atoms. The van der Waals surface area contributed by atoms with E-state index in [4.69, 9.17) is 9.15 Å². The third-order valence-electron chi connectivity index (χ3n) is 3.65. The Labute approximate surface area is 140 Å². The fourth-order valence-corrected chi connectivity index (χ4v) is 3.52. The van der Waals surface area contributed by atoms with Gasteiger partial charge in [-0.25, -0.2) is 9.78 Å². The van der Waals surface area contributed by atoms with Gasteiger partial charge in [0.15, 0.2) is 5.58 Å². The van der Waals surface area contributed by atoms with Gasteiger partial charge in [0.2, 0.25) is 0 Å². The molecule has 2 aromatic rings. The number of amides is 1. The molecule has 1 saturated heterocycles. The number of likely N-dealkylation sites (tertiary alicyclic amines) is 1. The van der Waals surface area contributed by atoms with Crippen molar-refractivity contribution < 1.29 is 13.9 Å². The Morgan fingerprint density at radius 2 is 2.22 bits per heavy atom. The number of hydrogen-bond donors (Lipinski definition) is 0. The van der Waals surface area contributed by atoms with E-state index in [1.54, 1.807) is 16.7 Å². The molecular weight excluding hydrogens is 312 g/mol. The Morgan fingerprint density at radius 1 is 1.43 bits per heavy atom. The van der Waals surface area contributed by atoms with E-state index < -0.39 is 5.60 Å². The maximum atomic E-state index is 12.1. The summed E-state index contributed by atoms with van der Waals surface area (Å²) in [6, 6.07) is 7.77. The predicted molar refractivity (Wildman–Crippen MR) is 90.6 cm³/mol. The van der Waals surface area contributed by atoms with Crippen LogP contribution in [0.15, 0.2) is 33.9 Å². The van der Waals surface area contributed by atoms with Crippen LogP contribution in [0.1, 0.15) is 27.2 Å². The number of thioether (sulfide) groups is 1. The molecule has 0 aliphatic carbocycles. The van der Waals surface area contributed by atoms with Gasteiger partial charge in [-0.1, -0.05) is 23.9 Å². The van der Waals surface area contributed by atoms with E-state index in [0.29, 0.717) is 11.1 Å². The number of ether oxygens (including phenoxy) is 1. The van der Waals surface area contributed by atoms with Crippen molar-refractivity contribution in [2.75, 3.05) is 18.8 Å². The van der Waals surface area contributed by atoms with Crippen LogP contribution in [0, 0.1) is 5.92 Å². The topological polar surface area (TPSA) is 55.6 Å². The molecule has 1 aromatic heterocycles. The molecule has 1 fully saturated rings. The minimum Gasteiger partial charge on any atom is -0.444 e. The van der Waals surface area contributed by atoms with Crippen molar-refractivity contribution in [1.29, 1.82) is 0 Å². The molecule has 1 amide bonds. The standard InChI is InChI=1S/C17H22N2O3S/c1-17(2,3)22-16(20)19-9-8-12(10-19)11-23-15-18-13-6-4-5-7-14(13)21-15/h4-7,12H,8-11H2,1-3H3. The Balaban J connectivity index is 1.51. The van der Waals surface area contributed by atoms with E-state index in [1.165, 1.54) is 0 Å². The van der Waals surface area contributed by atoms with E-state index in [-0.39, 0.29) is 6.09 Å². The summed E-state index contributed by atoms with van der Waals surface area (Å²) in [4.78, 5) is 18.3. The van der Waals surface area contributed by atoms with Crippen LogP contribution in [0.4, 0.5) is 4.79 Å². The lowest BCUT2D eigenvalue weighted by atomic mass is 10.2. The summed E-state index contributed by atoms with van der Waals surface area (Å²) in [6.45, 7) is 7.17. The second-order valence-corrected chi connectivity index (χ2v) is 7.81. The number of carbonyl (C=O) groups is 1. The van der Waals surface area contributed by atoms with Crippen molar-refractivity contribution in [2.45, 2.75) is 38.0 Å². The highest BCUT2D eigenvalue weighted by Crippen LogP contribution is 2.28. The summed E-state index contributed by atoms with van der Waals surface area (Å²) in [5, 5.41) is 0.696. The summed E-state index contributed by atoms with van der Waals surface area (Å²) < 4.78 is 11.1. The van der Waals surface area contributed by atoms with Crippen LogP contribution in [0.25, 0.3) is 11.1 Å². The lowest BCUT2D eigenvalue weighted by Gasteiger charge is -2.24. The highest BCUT2D eigenvalue weighted by Gasteiger charge is 2.30. The number of hydrogen-bond acceptors (Lipinski definition) is 5. The summed E-state index contributed by atoms with van der Waals surface area (Å²) >= 11 is 1.61. The number of nitrogens with zero attached hydrogens (tertiary/aromatic N) is 2. The molecule has 0 saturated carbocycles. The van der Waals surface area contributed by atoms with Gasteiger partial charge >= 0.3 is 6.09 Å². The van der Waals surface area contributed by atoms with Crippen molar-refractivity contribution >= 4 is 29.0 Å². The van der Waals surface area contributed by atoms with Gasteiger partial charge in [-0.3, -0.25) is 0 Å². The van der Waals surface area contributed by atoms with E-state index in [9.17, 15) is 4.79 Å². The molecule has 1 aliphatic rings. The maximum absolute atomic E-state index is 12.1. The number of rotatable bonds is 3. The third-order valence-corrected chi connectivity index (χ3v) is 4.71. The SMILES string of the molecule is CC(C)(C)OC(=O)N1CCC(CSc2nc3ccccc3o2)C1. The van der Waals surface area contributed by atoms with E-state index in [0.717, 1.165) is 36.4 Å². The monoisotopic (exact) mass is 334 g/mol. The molecule has 3 rings (SSSR count). The van der Waals surface area contributed by atoms with Crippen molar-refractivity contribution in [3.05, 3.63) is 24.3 Å². The van der Waals surface area contributed by atoms with Gasteiger partial charge in [0.05, 0.1) is 0 Å². The largest absolute Gasteiger partial charge is 0.444 e. The first-order chi connectivity index (χ1) is 10.9. The van der Waals surface area contributed by atoms with Crippen LogP contribution in [-0.2, 0) is 4.74 Å². The quantitative estimate of drug-likeness (QED) is 0.788. The average Bonchev–Trinajstić information content (AvgIpc) is 3.09. The summed E-state index contributed by atoms with van der Waals surface area (Å²) in [6.07, 6.45) is 0.777. The van der Waals surface area contributed by atoms with Gasteiger partial charge in [0.25, 0.3) is 5.22 Å². The first-order valence-corrected chi connectivity index (χ1v) is 8.85. The predicted octanol–water partition coefficient (Wildman–Crippen LogP) is 4.18. The van der Waals surface area contributed by atoms with Gasteiger partial charge in [-0.15, -0.1) is 0 Å². The first kappa shape index (κ1) is 16.2. The lowest BCUT2D eigenvalue weighted by molar-refractivity contribution is 0.0289. The van der Waals surface area contributed by atoms with E-state index in [2.05, 4.69) is 4.98 Å². The Kier molecular flexibility index (Phi) is 4.53. The average molecular weight is 334 g/mol. The third kappa shape index (κ3) is 4.19. The number of aromatic nitrogens is 1. The second-order valence-electron chi connectivity index (χ2n) is 6.84. The molecule has 124 valence electrons. The number of oxazole rings is 1.